The molecule has 1 aliphatic rings. The van der Waals surface area contributed by atoms with Gasteiger partial charge in [0.1, 0.15) is 11.3 Å². The number of nitrogens with two attached hydrogens (primary N) is 1. The highest BCUT2D eigenvalue weighted by Crippen LogP contribution is 2.25. The van der Waals surface area contributed by atoms with Crippen LogP contribution in [0.15, 0.2) is 53.1 Å². The molecule has 2 amide bonds. The van der Waals surface area contributed by atoms with Crippen molar-refractivity contribution in [3.05, 3.63) is 82.2 Å². The van der Waals surface area contributed by atoms with Crippen LogP contribution in [0.4, 0.5) is 5.69 Å². The molecule has 184 valence electrons. The number of rotatable bonds is 8. The minimum absolute atomic E-state index is 0.104. The van der Waals surface area contributed by atoms with Gasteiger partial charge in [0.15, 0.2) is 0 Å². The Bertz CT molecular complexity index is 1140. The van der Waals surface area contributed by atoms with Crippen molar-refractivity contribution in [1.82, 2.24) is 10.1 Å². The zero-order valence-corrected chi connectivity index (χ0v) is 20.5. The van der Waals surface area contributed by atoms with Crippen molar-refractivity contribution in [2.24, 2.45) is 11.7 Å². The second-order valence-electron chi connectivity index (χ2n) is 9.41. The zero-order valence-electron chi connectivity index (χ0n) is 20.5. The normalized spacial score (nSPS) is 14.0. The summed E-state index contributed by atoms with van der Waals surface area (Å²) in [4.78, 5) is 27.9. The highest BCUT2D eigenvalue weighted by molar-refractivity contribution is 5.96. The third-order valence-corrected chi connectivity index (χ3v) is 6.71. The van der Waals surface area contributed by atoms with Crippen molar-refractivity contribution < 1.29 is 14.1 Å². The molecule has 0 atom stereocenters. The maximum absolute atomic E-state index is 13.5. The predicted molar refractivity (Wildman–Crippen MR) is 136 cm³/mol. The molecule has 0 bridgehead atoms. The lowest BCUT2D eigenvalue weighted by atomic mass is 9.88. The summed E-state index contributed by atoms with van der Waals surface area (Å²) in [7, 11) is 0. The summed E-state index contributed by atoms with van der Waals surface area (Å²) in [5, 5.41) is 7.01. The summed E-state index contributed by atoms with van der Waals surface area (Å²) in [5.41, 5.74) is 10.7. The van der Waals surface area contributed by atoms with Gasteiger partial charge in [-0.3, -0.25) is 9.59 Å². The van der Waals surface area contributed by atoms with Gasteiger partial charge in [-0.15, -0.1) is 0 Å². The van der Waals surface area contributed by atoms with Gasteiger partial charge in [-0.2, -0.15) is 0 Å². The minimum Gasteiger partial charge on any atom is -0.361 e. The van der Waals surface area contributed by atoms with E-state index in [1.807, 2.05) is 48.5 Å². The summed E-state index contributed by atoms with van der Waals surface area (Å²) in [6.07, 6.45) is 5.40. The average molecular weight is 475 g/mol. The monoisotopic (exact) mass is 474 g/mol. The van der Waals surface area contributed by atoms with E-state index in [2.05, 4.69) is 10.5 Å². The molecule has 0 spiro atoms. The topological polar surface area (TPSA) is 101 Å². The fraction of sp³-hybridized carbons (Fsp3) is 0.393. The Morgan fingerprint density at radius 3 is 2.34 bits per heavy atom. The smallest absolute Gasteiger partial charge is 0.259 e. The molecule has 3 N–H and O–H groups in total. The molecule has 0 saturated heterocycles. The molecule has 1 fully saturated rings. The molecule has 1 aromatic heterocycles. The van der Waals surface area contributed by atoms with Crippen LogP contribution in [-0.4, -0.2) is 21.9 Å². The van der Waals surface area contributed by atoms with Gasteiger partial charge in [0.2, 0.25) is 5.91 Å². The number of hydrogen-bond donors (Lipinski definition) is 2. The van der Waals surface area contributed by atoms with Gasteiger partial charge < -0.3 is 20.5 Å². The van der Waals surface area contributed by atoms with Crippen LogP contribution in [0.2, 0.25) is 0 Å². The maximum Gasteiger partial charge on any atom is 0.259 e. The molecule has 0 aliphatic heterocycles. The standard InChI is InChI=1S/C28H34N4O3/c1-19-26(20(2)35-31-19)28(34)32(18-23-8-6-7-22(15-23)16-29)17-21-11-13-25(14-12-21)30-27(33)24-9-4-3-5-10-24/h6-8,11-15,24H,3-5,9-10,16-18,29H2,1-2H3,(H,30,33). The van der Waals surface area contributed by atoms with Crippen molar-refractivity contribution in [2.45, 2.75) is 65.6 Å². The van der Waals surface area contributed by atoms with E-state index < -0.39 is 0 Å². The highest BCUT2D eigenvalue weighted by Gasteiger charge is 2.24. The summed E-state index contributed by atoms with van der Waals surface area (Å²) >= 11 is 0. The summed E-state index contributed by atoms with van der Waals surface area (Å²) in [6, 6.07) is 15.7. The quantitative estimate of drug-likeness (QED) is 0.472. The predicted octanol–water partition coefficient (Wildman–Crippen LogP) is 5.11. The Morgan fingerprint density at radius 1 is 1.00 bits per heavy atom. The Kier molecular flexibility index (Phi) is 7.98. The molecule has 3 aromatic rings. The van der Waals surface area contributed by atoms with E-state index in [9.17, 15) is 9.59 Å². The number of benzene rings is 2. The van der Waals surface area contributed by atoms with Crippen LogP contribution in [0.25, 0.3) is 0 Å². The largest absolute Gasteiger partial charge is 0.361 e. The molecule has 7 nitrogen and oxygen atoms in total. The number of nitrogens with zero attached hydrogens (tertiary/aromatic N) is 2. The van der Waals surface area contributed by atoms with E-state index in [0.717, 1.165) is 48.1 Å². The number of nitrogens with one attached hydrogen (secondary N) is 1. The van der Waals surface area contributed by atoms with E-state index in [1.54, 1.807) is 18.7 Å². The van der Waals surface area contributed by atoms with Gasteiger partial charge in [-0.1, -0.05) is 60.8 Å². The average Bonchev–Trinajstić information content (AvgIpc) is 3.22. The van der Waals surface area contributed by atoms with E-state index >= 15 is 0 Å². The molecule has 35 heavy (non-hydrogen) atoms. The number of aromatic nitrogens is 1. The van der Waals surface area contributed by atoms with E-state index in [4.69, 9.17) is 10.3 Å². The van der Waals surface area contributed by atoms with Crippen molar-refractivity contribution in [2.75, 3.05) is 5.32 Å². The number of anilines is 1. The fourth-order valence-corrected chi connectivity index (χ4v) is 4.74. The Hall–Kier alpha value is -3.45. The molecule has 4 rings (SSSR count). The summed E-state index contributed by atoms with van der Waals surface area (Å²) in [5.74, 6) is 0.589. The van der Waals surface area contributed by atoms with Crippen molar-refractivity contribution >= 4 is 17.5 Å². The van der Waals surface area contributed by atoms with Crippen LogP contribution >= 0.6 is 0 Å². The van der Waals surface area contributed by atoms with Crippen LogP contribution in [0.5, 0.6) is 0 Å². The highest BCUT2D eigenvalue weighted by atomic mass is 16.5. The number of aryl methyl sites for hydroxylation is 2. The van der Waals surface area contributed by atoms with E-state index in [0.29, 0.717) is 36.7 Å². The molecule has 0 radical (unpaired) electrons. The molecular formula is C28H34N4O3. The van der Waals surface area contributed by atoms with Crippen LogP contribution in [0.3, 0.4) is 0 Å². The molecule has 1 heterocycles. The number of hydrogen-bond acceptors (Lipinski definition) is 5. The first-order chi connectivity index (χ1) is 16.9. The fourth-order valence-electron chi connectivity index (χ4n) is 4.74. The summed E-state index contributed by atoms with van der Waals surface area (Å²) in [6.45, 7) is 4.81. The van der Waals surface area contributed by atoms with Gasteiger partial charge in [-0.25, -0.2) is 0 Å². The molecule has 2 aromatic carbocycles. The van der Waals surface area contributed by atoms with Crippen LogP contribution in [0, 0.1) is 19.8 Å². The van der Waals surface area contributed by atoms with Crippen LogP contribution in [0.1, 0.15) is 70.6 Å². The molecule has 1 saturated carbocycles. The number of amides is 2. The first kappa shape index (κ1) is 24.7. The molecular weight excluding hydrogens is 440 g/mol. The molecule has 0 unspecified atom stereocenters. The SMILES string of the molecule is Cc1noc(C)c1C(=O)N(Cc1ccc(NC(=O)C2CCCCC2)cc1)Cc1cccc(CN)c1. The Morgan fingerprint density at radius 2 is 1.69 bits per heavy atom. The lowest BCUT2D eigenvalue weighted by molar-refractivity contribution is -0.120. The van der Waals surface area contributed by atoms with Crippen LogP contribution < -0.4 is 11.1 Å². The molecule has 7 heteroatoms. The van der Waals surface area contributed by atoms with Crippen LogP contribution in [-0.2, 0) is 24.4 Å². The lowest BCUT2D eigenvalue weighted by Crippen LogP contribution is -2.31. The second-order valence-corrected chi connectivity index (χ2v) is 9.41. The first-order valence-corrected chi connectivity index (χ1v) is 12.3. The van der Waals surface area contributed by atoms with E-state index in [-0.39, 0.29) is 17.7 Å². The Labute approximate surface area is 206 Å². The van der Waals surface area contributed by atoms with Crippen molar-refractivity contribution in [3.63, 3.8) is 0 Å². The molecule has 1 aliphatic carbocycles. The van der Waals surface area contributed by atoms with Crippen molar-refractivity contribution in [3.8, 4) is 0 Å². The van der Waals surface area contributed by atoms with Gasteiger partial charge in [0.25, 0.3) is 5.91 Å². The Balaban J connectivity index is 1.51. The minimum atomic E-state index is -0.130. The third kappa shape index (κ3) is 6.17. The number of carbonyl (C=O) groups is 2. The third-order valence-electron chi connectivity index (χ3n) is 6.71. The van der Waals surface area contributed by atoms with E-state index in [1.165, 1.54) is 6.42 Å². The van der Waals surface area contributed by atoms with Gasteiger partial charge >= 0.3 is 0 Å². The maximum atomic E-state index is 13.5. The van der Waals surface area contributed by atoms with Crippen molar-refractivity contribution in [1.29, 1.82) is 0 Å². The zero-order chi connectivity index (χ0) is 24.8. The lowest BCUT2D eigenvalue weighted by Gasteiger charge is -2.24. The number of carbonyl (C=O) groups excluding carboxylic acids is 2. The van der Waals surface area contributed by atoms with Gasteiger partial charge in [-0.05, 0) is 55.5 Å². The second kappa shape index (κ2) is 11.3. The van der Waals surface area contributed by atoms with Gasteiger partial charge in [0, 0.05) is 31.2 Å². The van der Waals surface area contributed by atoms with Gasteiger partial charge in [0.05, 0.1) is 5.69 Å². The summed E-state index contributed by atoms with van der Waals surface area (Å²) < 4.78 is 5.25. The first-order valence-electron chi connectivity index (χ1n) is 12.3.